The van der Waals surface area contributed by atoms with Crippen LogP contribution in [0.4, 0.5) is 0 Å². The average Bonchev–Trinajstić information content (AvgIpc) is 2.75. The van der Waals surface area contributed by atoms with Crippen LogP contribution in [0, 0.1) is 6.92 Å². The van der Waals surface area contributed by atoms with Crippen molar-refractivity contribution in [1.82, 2.24) is 9.88 Å². The lowest BCUT2D eigenvalue weighted by Gasteiger charge is -2.37. The molecule has 142 valence electrons. The quantitative estimate of drug-likeness (QED) is 0.588. The van der Waals surface area contributed by atoms with Gasteiger partial charge < -0.3 is 0 Å². The molecule has 0 spiro atoms. The van der Waals surface area contributed by atoms with Crippen molar-refractivity contribution in [3.05, 3.63) is 101 Å². The summed E-state index contributed by atoms with van der Waals surface area (Å²) in [6.45, 7) is 4.12. The Labute approximate surface area is 167 Å². The van der Waals surface area contributed by atoms with Gasteiger partial charge in [0, 0.05) is 25.0 Å². The molecule has 0 unspecified atom stereocenters. The molecule has 3 nitrogen and oxygen atoms in total. The Balaban J connectivity index is 1.46. The highest BCUT2D eigenvalue weighted by Crippen LogP contribution is 2.31. The number of aliphatic imine (C=N–C) groups is 1. The number of benzene rings is 2. The van der Waals surface area contributed by atoms with Gasteiger partial charge in [-0.25, -0.2) is 0 Å². The van der Waals surface area contributed by atoms with Crippen molar-refractivity contribution in [3.63, 3.8) is 0 Å². The van der Waals surface area contributed by atoms with Gasteiger partial charge in [-0.1, -0.05) is 66.7 Å². The standard InChI is InChI=1S/C25H27N3/c1-20-9-8-14-24(27-20)19-26-23-15-17-28(18-16-23)25(21-10-4-2-5-11-21)22-12-6-3-7-13-22/h2-14,19,23,25H,15-18H2,1H3/b26-19+. The lowest BCUT2D eigenvalue weighted by molar-refractivity contribution is 0.175. The first kappa shape index (κ1) is 18.6. The minimum atomic E-state index is 0.311. The van der Waals surface area contributed by atoms with Crippen molar-refractivity contribution in [2.24, 2.45) is 4.99 Å². The SMILES string of the molecule is Cc1cccc(/C=N/C2CCN(C(c3ccccc3)c3ccccc3)CC2)n1. The summed E-state index contributed by atoms with van der Waals surface area (Å²) in [6.07, 6.45) is 4.11. The van der Waals surface area contributed by atoms with Crippen LogP contribution in [0.1, 0.15) is 41.4 Å². The molecule has 1 saturated heterocycles. The predicted molar refractivity (Wildman–Crippen MR) is 116 cm³/mol. The van der Waals surface area contributed by atoms with Crippen molar-refractivity contribution < 1.29 is 0 Å². The van der Waals surface area contributed by atoms with E-state index in [2.05, 4.69) is 70.5 Å². The Kier molecular flexibility index (Phi) is 5.93. The molecule has 1 aliphatic rings. The van der Waals surface area contributed by atoms with Crippen molar-refractivity contribution in [3.8, 4) is 0 Å². The maximum absolute atomic E-state index is 4.82. The van der Waals surface area contributed by atoms with Gasteiger partial charge in [-0.05, 0) is 43.0 Å². The summed E-state index contributed by atoms with van der Waals surface area (Å²) < 4.78 is 0. The van der Waals surface area contributed by atoms with Crippen molar-refractivity contribution in [2.45, 2.75) is 31.8 Å². The van der Waals surface area contributed by atoms with E-state index in [1.54, 1.807) is 0 Å². The first-order chi connectivity index (χ1) is 13.8. The lowest BCUT2D eigenvalue weighted by Crippen LogP contribution is -2.38. The number of hydrogen-bond acceptors (Lipinski definition) is 3. The highest BCUT2D eigenvalue weighted by Gasteiger charge is 2.26. The number of pyridine rings is 1. The van der Waals surface area contributed by atoms with Crippen molar-refractivity contribution in [1.29, 1.82) is 0 Å². The third kappa shape index (κ3) is 4.55. The van der Waals surface area contributed by atoms with E-state index in [0.29, 0.717) is 12.1 Å². The first-order valence-corrected chi connectivity index (χ1v) is 10.1. The van der Waals surface area contributed by atoms with Gasteiger partial charge in [-0.2, -0.15) is 0 Å². The van der Waals surface area contributed by atoms with Gasteiger partial charge in [-0.15, -0.1) is 0 Å². The third-order valence-electron chi connectivity index (χ3n) is 5.42. The fraction of sp³-hybridized carbons (Fsp3) is 0.280. The van der Waals surface area contributed by atoms with E-state index >= 15 is 0 Å². The van der Waals surface area contributed by atoms with E-state index in [1.807, 2.05) is 31.3 Å². The Morgan fingerprint density at radius 1 is 0.857 bits per heavy atom. The van der Waals surface area contributed by atoms with E-state index < -0.39 is 0 Å². The van der Waals surface area contributed by atoms with Gasteiger partial charge in [0.15, 0.2) is 0 Å². The summed E-state index contributed by atoms with van der Waals surface area (Å²) in [7, 11) is 0. The molecule has 3 heteroatoms. The molecule has 4 rings (SSSR count). The zero-order valence-electron chi connectivity index (χ0n) is 16.4. The number of nitrogens with zero attached hydrogens (tertiary/aromatic N) is 3. The molecule has 1 aliphatic heterocycles. The normalized spacial score (nSPS) is 16.1. The van der Waals surface area contributed by atoms with Crippen LogP contribution < -0.4 is 0 Å². The maximum Gasteiger partial charge on any atom is 0.0811 e. The molecule has 0 bridgehead atoms. The number of aryl methyl sites for hydroxylation is 1. The Hall–Kier alpha value is -2.78. The molecule has 0 amide bonds. The summed E-state index contributed by atoms with van der Waals surface area (Å²) in [5, 5.41) is 0. The summed E-state index contributed by atoms with van der Waals surface area (Å²) in [5.74, 6) is 0. The van der Waals surface area contributed by atoms with Crippen molar-refractivity contribution in [2.75, 3.05) is 13.1 Å². The second-order valence-corrected chi connectivity index (χ2v) is 7.47. The monoisotopic (exact) mass is 369 g/mol. The van der Waals surface area contributed by atoms with Gasteiger partial charge in [0.05, 0.1) is 17.8 Å². The minimum Gasteiger partial charge on any atom is -0.292 e. The van der Waals surface area contributed by atoms with E-state index in [0.717, 1.165) is 37.3 Å². The molecular formula is C25H27N3. The van der Waals surface area contributed by atoms with Gasteiger partial charge >= 0.3 is 0 Å². The fourth-order valence-electron chi connectivity index (χ4n) is 4.00. The Morgan fingerprint density at radius 2 is 1.46 bits per heavy atom. The summed E-state index contributed by atoms with van der Waals surface area (Å²) in [5.41, 5.74) is 4.71. The van der Waals surface area contributed by atoms with Crippen molar-refractivity contribution >= 4 is 6.21 Å². The Bertz CT molecular complexity index is 858. The van der Waals surface area contributed by atoms with Crippen LogP contribution >= 0.6 is 0 Å². The minimum absolute atomic E-state index is 0.311. The predicted octanol–water partition coefficient (Wildman–Crippen LogP) is 5.06. The van der Waals surface area contributed by atoms with Crippen LogP contribution in [-0.2, 0) is 0 Å². The van der Waals surface area contributed by atoms with Crippen LogP contribution in [-0.4, -0.2) is 35.2 Å². The molecule has 1 aromatic heterocycles. The van der Waals surface area contributed by atoms with E-state index in [-0.39, 0.29) is 0 Å². The number of piperidine rings is 1. The smallest absolute Gasteiger partial charge is 0.0811 e. The lowest BCUT2D eigenvalue weighted by atomic mass is 9.94. The second kappa shape index (κ2) is 8.94. The molecule has 0 aliphatic carbocycles. The second-order valence-electron chi connectivity index (χ2n) is 7.47. The molecule has 28 heavy (non-hydrogen) atoms. The average molecular weight is 370 g/mol. The van der Waals surface area contributed by atoms with E-state index in [9.17, 15) is 0 Å². The van der Waals surface area contributed by atoms with Gasteiger partial charge in [0.25, 0.3) is 0 Å². The zero-order valence-corrected chi connectivity index (χ0v) is 16.4. The van der Waals surface area contributed by atoms with Gasteiger partial charge in [0.2, 0.25) is 0 Å². The molecule has 3 aromatic rings. The number of hydrogen-bond donors (Lipinski definition) is 0. The van der Waals surface area contributed by atoms with Gasteiger partial charge in [0.1, 0.15) is 0 Å². The molecule has 2 aromatic carbocycles. The largest absolute Gasteiger partial charge is 0.292 e. The maximum atomic E-state index is 4.82. The fourth-order valence-corrected chi connectivity index (χ4v) is 4.00. The molecular weight excluding hydrogens is 342 g/mol. The molecule has 2 heterocycles. The first-order valence-electron chi connectivity index (χ1n) is 10.1. The van der Waals surface area contributed by atoms with Crippen LogP contribution in [0.2, 0.25) is 0 Å². The third-order valence-corrected chi connectivity index (χ3v) is 5.42. The molecule has 1 fully saturated rings. The molecule has 0 radical (unpaired) electrons. The van der Waals surface area contributed by atoms with Crippen LogP contribution in [0.3, 0.4) is 0 Å². The number of aromatic nitrogens is 1. The highest BCUT2D eigenvalue weighted by atomic mass is 15.2. The van der Waals surface area contributed by atoms with E-state index in [1.165, 1.54) is 11.1 Å². The van der Waals surface area contributed by atoms with Crippen LogP contribution in [0.5, 0.6) is 0 Å². The molecule has 0 atom stereocenters. The highest BCUT2D eigenvalue weighted by molar-refractivity contribution is 5.77. The summed E-state index contributed by atoms with van der Waals surface area (Å²) in [6, 6.07) is 28.5. The Morgan fingerprint density at radius 3 is 2.04 bits per heavy atom. The molecule has 0 saturated carbocycles. The van der Waals surface area contributed by atoms with Crippen LogP contribution in [0.15, 0.2) is 83.9 Å². The number of likely N-dealkylation sites (tertiary alicyclic amines) is 1. The summed E-state index contributed by atoms with van der Waals surface area (Å²) >= 11 is 0. The molecule has 0 N–H and O–H groups in total. The zero-order chi connectivity index (χ0) is 19.2. The van der Waals surface area contributed by atoms with Crippen LogP contribution in [0.25, 0.3) is 0 Å². The number of rotatable bonds is 5. The summed E-state index contributed by atoms with van der Waals surface area (Å²) in [4.78, 5) is 11.9. The topological polar surface area (TPSA) is 28.5 Å². The van der Waals surface area contributed by atoms with E-state index in [4.69, 9.17) is 4.99 Å². The van der Waals surface area contributed by atoms with Gasteiger partial charge in [-0.3, -0.25) is 14.9 Å².